The Morgan fingerprint density at radius 3 is 2.75 bits per heavy atom. The second-order valence-corrected chi connectivity index (χ2v) is 6.30. The minimum atomic E-state index is -0.374. The third kappa shape index (κ3) is 3.95. The fraction of sp³-hybridized carbons (Fsp3) is 0.500. The average Bonchev–Trinajstić information content (AvgIpc) is 3.04. The molecule has 2 aromatic rings. The maximum Gasteiger partial charge on any atom is 0.270 e. The number of benzene rings is 1. The van der Waals surface area contributed by atoms with Crippen molar-refractivity contribution in [1.82, 2.24) is 14.8 Å². The number of H-pyrrole nitrogens is 1. The van der Waals surface area contributed by atoms with Gasteiger partial charge in [-0.15, -0.1) is 0 Å². The minimum Gasteiger partial charge on any atom is -0.392 e. The van der Waals surface area contributed by atoms with E-state index in [-0.39, 0.29) is 12.0 Å². The highest BCUT2D eigenvalue weighted by molar-refractivity contribution is 5.98. The quantitative estimate of drug-likeness (QED) is 0.838. The Morgan fingerprint density at radius 2 is 2.04 bits per heavy atom. The summed E-state index contributed by atoms with van der Waals surface area (Å²) in [6, 6.07) is 9.82. The van der Waals surface area contributed by atoms with Gasteiger partial charge < -0.3 is 19.7 Å². The normalized spacial score (nSPS) is 17.3. The van der Waals surface area contributed by atoms with Gasteiger partial charge in [0.2, 0.25) is 0 Å². The molecule has 1 fully saturated rings. The summed E-state index contributed by atoms with van der Waals surface area (Å²) < 4.78 is 4.99. The summed E-state index contributed by atoms with van der Waals surface area (Å²) in [5.74, 6) is 0.0470. The second-order valence-electron chi connectivity index (χ2n) is 6.30. The monoisotopic (exact) mass is 331 g/mol. The molecule has 1 aliphatic rings. The van der Waals surface area contributed by atoms with Crippen molar-refractivity contribution in [3.05, 3.63) is 36.0 Å². The third-order valence-corrected chi connectivity index (χ3v) is 4.54. The molecule has 1 aromatic carbocycles. The van der Waals surface area contributed by atoms with Crippen LogP contribution in [0.1, 0.15) is 16.9 Å². The SMILES string of the molecule is COCCC(O)CN1CCN(C(=O)c2cc3ccccc3[nH]2)CC1. The van der Waals surface area contributed by atoms with E-state index in [1.54, 1.807) is 7.11 Å². The third-order valence-electron chi connectivity index (χ3n) is 4.54. The van der Waals surface area contributed by atoms with Crippen molar-refractivity contribution in [2.45, 2.75) is 12.5 Å². The number of rotatable bonds is 6. The zero-order valence-electron chi connectivity index (χ0n) is 14.1. The number of para-hydroxylation sites is 1. The number of nitrogens with one attached hydrogen (secondary N) is 1. The van der Waals surface area contributed by atoms with Gasteiger partial charge in [-0.05, 0) is 18.6 Å². The zero-order valence-corrected chi connectivity index (χ0v) is 14.1. The Kier molecular flexibility index (Phi) is 5.50. The lowest BCUT2D eigenvalue weighted by molar-refractivity contribution is 0.0445. The van der Waals surface area contributed by atoms with Gasteiger partial charge in [0, 0.05) is 57.3 Å². The first kappa shape index (κ1) is 17.0. The molecular formula is C18H25N3O3. The predicted octanol–water partition coefficient (Wildman–Crippen LogP) is 1.32. The number of aromatic amines is 1. The molecule has 0 saturated carbocycles. The summed E-state index contributed by atoms with van der Waals surface area (Å²) >= 11 is 0. The lowest BCUT2D eigenvalue weighted by Crippen LogP contribution is -2.50. The Morgan fingerprint density at radius 1 is 1.29 bits per heavy atom. The molecule has 130 valence electrons. The highest BCUT2D eigenvalue weighted by Gasteiger charge is 2.24. The van der Waals surface area contributed by atoms with Crippen molar-refractivity contribution in [3.8, 4) is 0 Å². The van der Waals surface area contributed by atoms with E-state index in [2.05, 4.69) is 9.88 Å². The van der Waals surface area contributed by atoms with Crippen molar-refractivity contribution < 1.29 is 14.6 Å². The van der Waals surface area contributed by atoms with Crippen LogP contribution < -0.4 is 0 Å². The number of carbonyl (C=O) groups is 1. The summed E-state index contributed by atoms with van der Waals surface area (Å²) in [6.07, 6.45) is 0.269. The first-order valence-corrected chi connectivity index (χ1v) is 8.44. The van der Waals surface area contributed by atoms with Crippen LogP contribution in [0.25, 0.3) is 10.9 Å². The fourth-order valence-corrected chi connectivity index (χ4v) is 3.14. The van der Waals surface area contributed by atoms with Crippen LogP contribution in [0, 0.1) is 0 Å². The molecule has 0 radical (unpaired) electrons. The van der Waals surface area contributed by atoms with Gasteiger partial charge in [0.1, 0.15) is 5.69 Å². The number of aliphatic hydroxyl groups excluding tert-OH is 1. The Labute approximate surface area is 142 Å². The summed E-state index contributed by atoms with van der Waals surface area (Å²) in [7, 11) is 1.64. The van der Waals surface area contributed by atoms with Crippen LogP contribution in [0.4, 0.5) is 0 Å². The van der Waals surface area contributed by atoms with Gasteiger partial charge in [0.15, 0.2) is 0 Å². The molecule has 0 spiro atoms. The highest BCUT2D eigenvalue weighted by atomic mass is 16.5. The van der Waals surface area contributed by atoms with Gasteiger partial charge in [-0.25, -0.2) is 0 Å². The molecule has 0 aliphatic carbocycles. The summed E-state index contributed by atoms with van der Waals surface area (Å²) in [5, 5.41) is 11.0. The van der Waals surface area contributed by atoms with E-state index in [4.69, 9.17) is 4.74 Å². The number of amides is 1. The molecule has 1 aromatic heterocycles. The molecule has 1 amide bonds. The van der Waals surface area contributed by atoms with Crippen LogP contribution in [0.3, 0.4) is 0 Å². The summed E-state index contributed by atoms with van der Waals surface area (Å²) in [5.41, 5.74) is 1.63. The predicted molar refractivity (Wildman–Crippen MR) is 93.1 cm³/mol. The van der Waals surface area contributed by atoms with Crippen molar-refractivity contribution in [2.75, 3.05) is 46.4 Å². The number of ether oxygens (including phenoxy) is 1. The number of methoxy groups -OCH3 is 1. The van der Waals surface area contributed by atoms with Gasteiger partial charge in [-0.2, -0.15) is 0 Å². The van der Waals surface area contributed by atoms with Crippen molar-refractivity contribution in [1.29, 1.82) is 0 Å². The molecule has 24 heavy (non-hydrogen) atoms. The number of aromatic nitrogens is 1. The Hall–Kier alpha value is -1.89. The standard InChI is InChI=1S/C18H25N3O3/c1-24-11-6-15(22)13-20-7-9-21(10-8-20)18(23)17-12-14-4-2-3-5-16(14)19-17/h2-5,12,15,19,22H,6-11,13H2,1H3. The maximum atomic E-state index is 12.6. The number of carbonyl (C=O) groups excluding carboxylic acids is 1. The van der Waals surface area contributed by atoms with E-state index in [1.165, 1.54) is 0 Å². The van der Waals surface area contributed by atoms with Crippen molar-refractivity contribution >= 4 is 16.8 Å². The van der Waals surface area contributed by atoms with Crippen LogP contribution in [0.15, 0.2) is 30.3 Å². The van der Waals surface area contributed by atoms with Gasteiger partial charge >= 0.3 is 0 Å². The van der Waals surface area contributed by atoms with Gasteiger partial charge in [-0.3, -0.25) is 9.69 Å². The average molecular weight is 331 g/mol. The maximum absolute atomic E-state index is 12.6. The summed E-state index contributed by atoms with van der Waals surface area (Å²) in [6.45, 7) is 4.15. The van der Waals surface area contributed by atoms with E-state index in [9.17, 15) is 9.90 Å². The molecule has 3 rings (SSSR count). The van der Waals surface area contributed by atoms with E-state index < -0.39 is 0 Å². The van der Waals surface area contributed by atoms with Crippen LogP contribution in [-0.4, -0.2) is 78.3 Å². The number of hydrogen-bond acceptors (Lipinski definition) is 4. The van der Waals surface area contributed by atoms with E-state index in [1.807, 2.05) is 35.2 Å². The second kappa shape index (κ2) is 7.79. The van der Waals surface area contributed by atoms with Crippen LogP contribution >= 0.6 is 0 Å². The smallest absolute Gasteiger partial charge is 0.270 e. The molecule has 6 nitrogen and oxygen atoms in total. The molecule has 1 unspecified atom stereocenters. The number of aliphatic hydroxyl groups is 1. The number of β-amino-alcohol motifs (C(OH)–C–C–N with tert-alkyl or cyclic N) is 1. The van der Waals surface area contributed by atoms with Gasteiger partial charge in [0.05, 0.1) is 6.10 Å². The van der Waals surface area contributed by atoms with Crippen molar-refractivity contribution in [2.24, 2.45) is 0 Å². The van der Waals surface area contributed by atoms with Crippen LogP contribution in [-0.2, 0) is 4.74 Å². The zero-order chi connectivity index (χ0) is 16.9. The van der Waals surface area contributed by atoms with E-state index >= 15 is 0 Å². The number of piperazine rings is 1. The Balaban J connectivity index is 1.53. The molecular weight excluding hydrogens is 306 g/mol. The number of nitrogens with zero attached hydrogens (tertiary/aromatic N) is 2. The molecule has 1 atom stereocenters. The lowest BCUT2D eigenvalue weighted by Gasteiger charge is -2.35. The van der Waals surface area contributed by atoms with E-state index in [0.29, 0.717) is 38.4 Å². The topological polar surface area (TPSA) is 68.8 Å². The first-order valence-electron chi connectivity index (χ1n) is 8.44. The molecule has 2 N–H and O–H groups in total. The van der Waals surface area contributed by atoms with Gasteiger partial charge in [-0.1, -0.05) is 18.2 Å². The molecule has 1 saturated heterocycles. The van der Waals surface area contributed by atoms with Crippen molar-refractivity contribution in [3.63, 3.8) is 0 Å². The Bertz CT molecular complexity index is 644. The molecule has 6 heteroatoms. The highest BCUT2D eigenvalue weighted by Crippen LogP contribution is 2.17. The van der Waals surface area contributed by atoms with Crippen LogP contribution in [0.2, 0.25) is 0 Å². The fourth-order valence-electron chi connectivity index (χ4n) is 3.14. The van der Waals surface area contributed by atoms with Crippen LogP contribution in [0.5, 0.6) is 0 Å². The number of hydrogen-bond donors (Lipinski definition) is 2. The molecule has 2 heterocycles. The largest absolute Gasteiger partial charge is 0.392 e. The lowest BCUT2D eigenvalue weighted by atomic mass is 10.2. The number of fused-ring (bicyclic) bond motifs is 1. The van der Waals surface area contributed by atoms with Gasteiger partial charge in [0.25, 0.3) is 5.91 Å². The van der Waals surface area contributed by atoms with E-state index in [0.717, 1.165) is 24.0 Å². The molecule has 1 aliphatic heterocycles. The minimum absolute atomic E-state index is 0.0470. The molecule has 0 bridgehead atoms. The summed E-state index contributed by atoms with van der Waals surface area (Å²) in [4.78, 5) is 19.9. The first-order chi connectivity index (χ1) is 11.7.